The molecule has 1 aromatic carbocycles. The first kappa shape index (κ1) is 13.8. The van der Waals surface area contributed by atoms with Gasteiger partial charge in [-0.25, -0.2) is 4.98 Å². The lowest BCUT2D eigenvalue weighted by molar-refractivity contribution is 0.652. The van der Waals surface area contributed by atoms with E-state index in [9.17, 15) is 0 Å². The SMILES string of the molecule is Cc1ccc(-c2cnc(CCC(C)N)[nH]2)c(C)c1C. The van der Waals surface area contributed by atoms with Gasteiger partial charge in [0.2, 0.25) is 0 Å². The molecule has 0 saturated heterocycles. The summed E-state index contributed by atoms with van der Waals surface area (Å²) in [5.74, 6) is 1.02. The monoisotopic (exact) mass is 257 g/mol. The van der Waals surface area contributed by atoms with E-state index >= 15 is 0 Å². The smallest absolute Gasteiger partial charge is 0.106 e. The molecule has 1 unspecified atom stereocenters. The summed E-state index contributed by atoms with van der Waals surface area (Å²) in [7, 11) is 0. The topological polar surface area (TPSA) is 54.7 Å². The van der Waals surface area contributed by atoms with E-state index in [1.165, 1.54) is 22.3 Å². The summed E-state index contributed by atoms with van der Waals surface area (Å²) in [5.41, 5.74) is 12.1. The van der Waals surface area contributed by atoms with Crippen LogP contribution in [0.4, 0.5) is 0 Å². The molecule has 0 radical (unpaired) electrons. The van der Waals surface area contributed by atoms with Gasteiger partial charge in [0.25, 0.3) is 0 Å². The Morgan fingerprint density at radius 1 is 1.21 bits per heavy atom. The van der Waals surface area contributed by atoms with Crippen molar-refractivity contribution in [3.63, 3.8) is 0 Å². The fraction of sp³-hybridized carbons (Fsp3) is 0.438. The number of nitrogens with one attached hydrogen (secondary N) is 1. The van der Waals surface area contributed by atoms with Crippen molar-refractivity contribution in [3.05, 3.63) is 40.8 Å². The molecule has 0 spiro atoms. The Bertz CT molecular complexity index is 567. The van der Waals surface area contributed by atoms with Gasteiger partial charge in [0.05, 0.1) is 11.9 Å². The number of H-pyrrole nitrogens is 1. The zero-order valence-corrected chi connectivity index (χ0v) is 12.2. The lowest BCUT2D eigenvalue weighted by Crippen LogP contribution is -2.15. The molecule has 19 heavy (non-hydrogen) atoms. The van der Waals surface area contributed by atoms with Crippen LogP contribution >= 0.6 is 0 Å². The zero-order chi connectivity index (χ0) is 14.0. The first-order valence-electron chi connectivity index (χ1n) is 6.85. The van der Waals surface area contributed by atoms with Crippen LogP contribution in [-0.4, -0.2) is 16.0 Å². The van der Waals surface area contributed by atoms with Crippen LogP contribution in [0, 0.1) is 20.8 Å². The highest BCUT2D eigenvalue weighted by Crippen LogP contribution is 2.26. The summed E-state index contributed by atoms with van der Waals surface area (Å²) >= 11 is 0. The van der Waals surface area contributed by atoms with Crippen molar-refractivity contribution in [1.82, 2.24) is 9.97 Å². The third-order valence-electron chi connectivity index (χ3n) is 3.81. The van der Waals surface area contributed by atoms with Crippen molar-refractivity contribution in [2.75, 3.05) is 0 Å². The summed E-state index contributed by atoms with van der Waals surface area (Å²) in [6.07, 6.45) is 3.79. The van der Waals surface area contributed by atoms with E-state index in [2.05, 4.69) is 42.9 Å². The maximum atomic E-state index is 5.78. The predicted octanol–water partition coefficient (Wildman–Crippen LogP) is 3.28. The molecule has 2 aromatic rings. The van der Waals surface area contributed by atoms with Crippen LogP contribution in [0.25, 0.3) is 11.3 Å². The molecule has 1 atom stereocenters. The molecule has 3 N–H and O–H groups in total. The van der Waals surface area contributed by atoms with Gasteiger partial charge in [0, 0.05) is 18.0 Å². The van der Waals surface area contributed by atoms with Crippen LogP contribution in [0.15, 0.2) is 18.3 Å². The Hall–Kier alpha value is -1.61. The third-order valence-corrected chi connectivity index (χ3v) is 3.81. The number of aromatic amines is 1. The largest absolute Gasteiger partial charge is 0.342 e. The van der Waals surface area contributed by atoms with Crippen molar-refractivity contribution in [3.8, 4) is 11.3 Å². The van der Waals surface area contributed by atoms with Crippen molar-refractivity contribution in [2.45, 2.75) is 46.6 Å². The highest BCUT2D eigenvalue weighted by Gasteiger charge is 2.09. The number of imidazole rings is 1. The molecule has 1 heterocycles. The Morgan fingerprint density at radius 3 is 2.63 bits per heavy atom. The molecule has 0 amide bonds. The number of aryl methyl sites for hydroxylation is 2. The quantitative estimate of drug-likeness (QED) is 0.883. The first-order chi connectivity index (χ1) is 8.99. The average Bonchev–Trinajstić information content (AvgIpc) is 2.82. The second-order valence-electron chi connectivity index (χ2n) is 5.44. The van der Waals surface area contributed by atoms with Gasteiger partial charge in [-0.2, -0.15) is 0 Å². The maximum absolute atomic E-state index is 5.78. The molecule has 0 aliphatic carbocycles. The summed E-state index contributed by atoms with van der Waals surface area (Å²) in [6, 6.07) is 4.55. The number of aromatic nitrogens is 2. The average molecular weight is 257 g/mol. The third kappa shape index (κ3) is 3.04. The predicted molar refractivity (Wildman–Crippen MR) is 80.2 cm³/mol. The van der Waals surface area contributed by atoms with Crippen LogP contribution in [0.3, 0.4) is 0 Å². The Kier molecular flexibility index (Phi) is 4.05. The van der Waals surface area contributed by atoms with E-state index < -0.39 is 0 Å². The fourth-order valence-corrected chi connectivity index (χ4v) is 2.24. The molecule has 0 aliphatic rings. The molecule has 2 rings (SSSR count). The minimum absolute atomic E-state index is 0.219. The second-order valence-corrected chi connectivity index (χ2v) is 5.44. The van der Waals surface area contributed by atoms with Gasteiger partial charge < -0.3 is 10.7 Å². The van der Waals surface area contributed by atoms with Crippen LogP contribution in [0.5, 0.6) is 0 Å². The number of hydrogen-bond donors (Lipinski definition) is 2. The van der Waals surface area contributed by atoms with E-state index in [0.29, 0.717) is 0 Å². The molecule has 1 aromatic heterocycles. The van der Waals surface area contributed by atoms with Crippen LogP contribution in [0.1, 0.15) is 35.9 Å². The van der Waals surface area contributed by atoms with E-state index in [4.69, 9.17) is 5.73 Å². The van der Waals surface area contributed by atoms with Gasteiger partial charge in [0.1, 0.15) is 5.82 Å². The molecule has 0 fully saturated rings. The molecule has 0 bridgehead atoms. The van der Waals surface area contributed by atoms with Gasteiger partial charge in [-0.05, 0) is 50.8 Å². The van der Waals surface area contributed by atoms with Crippen LogP contribution in [0.2, 0.25) is 0 Å². The van der Waals surface area contributed by atoms with Crippen molar-refractivity contribution in [2.24, 2.45) is 5.73 Å². The van der Waals surface area contributed by atoms with Gasteiger partial charge in [-0.15, -0.1) is 0 Å². The normalized spacial score (nSPS) is 12.7. The van der Waals surface area contributed by atoms with Gasteiger partial charge >= 0.3 is 0 Å². The molecular formula is C16H23N3. The Morgan fingerprint density at radius 2 is 1.95 bits per heavy atom. The number of rotatable bonds is 4. The van der Waals surface area contributed by atoms with Gasteiger partial charge in [0.15, 0.2) is 0 Å². The number of benzene rings is 1. The second kappa shape index (κ2) is 5.57. The summed E-state index contributed by atoms with van der Waals surface area (Å²) in [6.45, 7) is 8.51. The fourth-order valence-electron chi connectivity index (χ4n) is 2.24. The van der Waals surface area contributed by atoms with E-state index in [1.54, 1.807) is 0 Å². The van der Waals surface area contributed by atoms with Crippen molar-refractivity contribution < 1.29 is 0 Å². The van der Waals surface area contributed by atoms with E-state index in [-0.39, 0.29) is 6.04 Å². The Labute approximate surface area is 115 Å². The lowest BCUT2D eigenvalue weighted by Gasteiger charge is -2.09. The summed E-state index contributed by atoms with van der Waals surface area (Å²) < 4.78 is 0. The molecule has 102 valence electrons. The molecule has 0 aliphatic heterocycles. The van der Waals surface area contributed by atoms with Gasteiger partial charge in [-0.3, -0.25) is 0 Å². The lowest BCUT2D eigenvalue weighted by atomic mass is 9.97. The number of hydrogen-bond acceptors (Lipinski definition) is 2. The highest BCUT2D eigenvalue weighted by molar-refractivity contribution is 5.65. The highest BCUT2D eigenvalue weighted by atomic mass is 14.9. The summed E-state index contributed by atoms with van der Waals surface area (Å²) in [5, 5.41) is 0. The zero-order valence-electron chi connectivity index (χ0n) is 12.2. The molecule has 3 nitrogen and oxygen atoms in total. The molecule has 0 saturated carbocycles. The van der Waals surface area contributed by atoms with Crippen molar-refractivity contribution in [1.29, 1.82) is 0 Å². The Balaban J connectivity index is 2.26. The maximum Gasteiger partial charge on any atom is 0.106 e. The van der Waals surface area contributed by atoms with Crippen molar-refractivity contribution >= 4 is 0 Å². The summed E-state index contributed by atoms with van der Waals surface area (Å²) in [4.78, 5) is 7.85. The molecule has 3 heteroatoms. The number of nitrogens with two attached hydrogens (primary N) is 1. The van der Waals surface area contributed by atoms with E-state index in [0.717, 1.165) is 24.4 Å². The number of nitrogens with zero attached hydrogens (tertiary/aromatic N) is 1. The standard InChI is InChI=1S/C16H23N3/c1-10-5-7-14(13(4)12(10)3)15-9-18-16(19-15)8-6-11(2)17/h5,7,9,11H,6,8,17H2,1-4H3,(H,18,19). The van der Waals surface area contributed by atoms with E-state index in [1.807, 2.05) is 13.1 Å². The van der Waals surface area contributed by atoms with Crippen LogP contribution in [-0.2, 0) is 6.42 Å². The van der Waals surface area contributed by atoms with Gasteiger partial charge in [-0.1, -0.05) is 12.1 Å². The minimum Gasteiger partial charge on any atom is -0.342 e. The van der Waals surface area contributed by atoms with Crippen LogP contribution < -0.4 is 5.73 Å². The first-order valence-corrected chi connectivity index (χ1v) is 6.85. The minimum atomic E-state index is 0.219. The molecular weight excluding hydrogens is 234 g/mol.